The lowest BCUT2D eigenvalue weighted by atomic mass is 10.1. The molecule has 2 aromatic rings. The zero-order valence-electron chi connectivity index (χ0n) is 16.5. The quantitative estimate of drug-likeness (QED) is 0.767. The molecule has 2 N–H and O–H groups in total. The zero-order chi connectivity index (χ0) is 20.4. The molecule has 9 nitrogen and oxygen atoms in total. The van der Waals surface area contributed by atoms with Crippen LogP contribution < -0.4 is 10.2 Å². The first-order valence-electron chi connectivity index (χ1n) is 10.0. The van der Waals surface area contributed by atoms with E-state index < -0.39 is 16.1 Å². The van der Waals surface area contributed by atoms with Crippen LogP contribution in [0.3, 0.4) is 0 Å². The third-order valence-corrected chi connectivity index (χ3v) is 7.41. The van der Waals surface area contributed by atoms with Crippen molar-refractivity contribution in [2.75, 3.05) is 29.9 Å². The molecule has 0 spiro atoms. The van der Waals surface area contributed by atoms with Crippen molar-refractivity contribution < 1.29 is 13.2 Å². The van der Waals surface area contributed by atoms with Crippen molar-refractivity contribution in [3.05, 3.63) is 29.8 Å². The molecule has 1 atom stereocenters. The third-order valence-electron chi connectivity index (χ3n) is 5.49. The number of anilines is 2. The van der Waals surface area contributed by atoms with Crippen LogP contribution in [0.2, 0.25) is 0 Å². The summed E-state index contributed by atoms with van der Waals surface area (Å²) >= 11 is 0. The first kappa shape index (κ1) is 19.8. The average molecular weight is 419 g/mol. The molecule has 0 aliphatic carbocycles. The van der Waals surface area contributed by atoms with E-state index in [2.05, 4.69) is 25.4 Å². The van der Waals surface area contributed by atoms with Crippen LogP contribution in [0.4, 0.5) is 11.9 Å². The van der Waals surface area contributed by atoms with E-state index in [1.165, 1.54) is 10.7 Å². The predicted molar refractivity (Wildman–Crippen MR) is 109 cm³/mol. The number of piperidine rings is 1. The number of nitrogens with one attached hydrogen (secondary N) is 2. The third kappa shape index (κ3) is 4.13. The summed E-state index contributed by atoms with van der Waals surface area (Å²) in [4.78, 5) is 19.5. The van der Waals surface area contributed by atoms with Gasteiger partial charge in [-0.25, -0.2) is 13.5 Å². The molecule has 156 valence electrons. The summed E-state index contributed by atoms with van der Waals surface area (Å²) in [5.41, 5.74) is 0.981. The van der Waals surface area contributed by atoms with Crippen LogP contribution >= 0.6 is 0 Å². The molecule has 2 aliphatic heterocycles. The minimum absolute atomic E-state index is 0.204. The average Bonchev–Trinajstić information content (AvgIpc) is 3.39. The molecule has 1 aromatic heterocycles. The molecule has 0 unspecified atom stereocenters. The number of amides is 1. The lowest BCUT2D eigenvalue weighted by Crippen LogP contribution is -2.43. The second-order valence-electron chi connectivity index (χ2n) is 7.61. The Bertz CT molecular complexity index is 966. The minimum atomic E-state index is -3.74. The van der Waals surface area contributed by atoms with E-state index in [0.717, 1.165) is 31.5 Å². The number of carbonyl (C=O) groups excluding carboxylic acids is 1. The van der Waals surface area contributed by atoms with Crippen molar-refractivity contribution in [1.82, 2.24) is 19.5 Å². The number of H-pyrrole nitrogens is 1. The normalized spacial score (nSPS) is 20.7. The highest BCUT2D eigenvalue weighted by Crippen LogP contribution is 2.27. The summed E-state index contributed by atoms with van der Waals surface area (Å²) in [6.07, 6.45) is 4.52. The van der Waals surface area contributed by atoms with Crippen LogP contribution in [-0.4, -0.2) is 59.5 Å². The Kier molecular flexibility index (Phi) is 5.55. The second kappa shape index (κ2) is 8.11. The Labute approximate surface area is 170 Å². The van der Waals surface area contributed by atoms with E-state index in [4.69, 9.17) is 0 Å². The molecular formula is C19H26N6O3S. The summed E-state index contributed by atoms with van der Waals surface area (Å²) in [6.45, 7) is 4.02. The number of aryl methyl sites for hydroxylation is 1. The smallest absolute Gasteiger partial charge is 0.246 e. The van der Waals surface area contributed by atoms with Crippen LogP contribution in [0.1, 0.15) is 37.7 Å². The highest BCUT2D eigenvalue weighted by Gasteiger charge is 2.39. The first-order chi connectivity index (χ1) is 13.9. The number of aromatic amines is 1. The highest BCUT2D eigenvalue weighted by atomic mass is 32.2. The lowest BCUT2D eigenvalue weighted by molar-refractivity contribution is -0.119. The topological polar surface area (TPSA) is 111 Å². The number of sulfonamides is 1. The number of aromatic nitrogens is 3. The van der Waals surface area contributed by atoms with Gasteiger partial charge in [-0.15, -0.1) is 5.10 Å². The maximum Gasteiger partial charge on any atom is 0.246 e. The van der Waals surface area contributed by atoms with Crippen molar-refractivity contribution in [2.24, 2.45) is 0 Å². The Morgan fingerprint density at radius 1 is 1.10 bits per heavy atom. The van der Waals surface area contributed by atoms with E-state index in [0.29, 0.717) is 25.3 Å². The standard InChI is InChI=1S/C19H26N6O3S/c1-14-7-9-15(10-8-14)29(27,28)25-13-5-6-16(25)17(26)20-18-21-19(23-22-18)24-11-3-2-4-12-24/h7-10,16H,2-6,11-13H2,1H3,(H2,20,21,22,23,26)/t16-/m0/s1. The van der Waals surface area contributed by atoms with Crippen molar-refractivity contribution >= 4 is 27.8 Å². The van der Waals surface area contributed by atoms with Crippen molar-refractivity contribution in [3.63, 3.8) is 0 Å². The summed E-state index contributed by atoms with van der Waals surface area (Å²) in [7, 11) is -3.74. The zero-order valence-corrected chi connectivity index (χ0v) is 17.3. The number of hydrogen-bond acceptors (Lipinski definition) is 6. The summed E-state index contributed by atoms with van der Waals surface area (Å²) in [5.74, 6) is 0.422. The van der Waals surface area contributed by atoms with E-state index >= 15 is 0 Å². The fourth-order valence-electron chi connectivity index (χ4n) is 3.88. The van der Waals surface area contributed by atoms with Crippen LogP contribution in [0.25, 0.3) is 0 Å². The van der Waals surface area contributed by atoms with E-state index in [1.807, 2.05) is 6.92 Å². The minimum Gasteiger partial charge on any atom is -0.340 e. The van der Waals surface area contributed by atoms with Crippen molar-refractivity contribution in [1.29, 1.82) is 0 Å². The second-order valence-corrected chi connectivity index (χ2v) is 9.50. The van der Waals surface area contributed by atoms with Gasteiger partial charge < -0.3 is 4.90 Å². The Hall–Kier alpha value is -2.46. The molecule has 2 saturated heterocycles. The molecule has 0 saturated carbocycles. The highest BCUT2D eigenvalue weighted by molar-refractivity contribution is 7.89. The number of benzene rings is 1. The molecular weight excluding hydrogens is 392 g/mol. The molecule has 2 aliphatic rings. The Morgan fingerprint density at radius 3 is 2.55 bits per heavy atom. The Balaban J connectivity index is 1.46. The maximum absolute atomic E-state index is 13.0. The van der Waals surface area contributed by atoms with Crippen LogP contribution in [-0.2, 0) is 14.8 Å². The van der Waals surface area contributed by atoms with Gasteiger partial charge in [0.25, 0.3) is 0 Å². The van der Waals surface area contributed by atoms with Crippen molar-refractivity contribution in [2.45, 2.75) is 50.0 Å². The summed E-state index contributed by atoms with van der Waals surface area (Å²) < 4.78 is 27.3. The molecule has 3 heterocycles. The van der Waals surface area contributed by atoms with Gasteiger partial charge in [0.1, 0.15) is 6.04 Å². The molecule has 1 aromatic carbocycles. The first-order valence-corrected chi connectivity index (χ1v) is 11.5. The SMILES string of the molecule is Cc1ccc(S(=O)(=O)N2CCC[C@H]2C(=O)Nc2nc(N3CCCCC3)n[nH]2)cc1. The van der Waals surface area contributed by atoms with Gasteiger partial charge in [0, 0.05) is 19.6 Å². The predicted octanol–water partition coefficient (Wildman–Crippen LogP) is 1.90. The van der Waals surface area contributed by atoms with Gasteiger partial charge in [-0.2, -0.15) is 9.29 Å². The van der Waals surface area contributed by atoms with Gasteiger partial charge in [0.05, 0.1) is 4.90 Å². The van der Waals surface area contributed by atoms with Crippen molar-refractivity contribution in [3.8, 4) is 0 Å². The van der Waals surface area contributed by atoms with Gasteiger partial charge in [0.2, 0.25) is 27.8 Å². The van der Waals surface area contributed by atoms with E-state index in [1.54, 1.807) is 24.3 Å². The summed E-state index contributed by atoms with van der Waals surface area (Å²) in [5, 5.41) is 9.64. The fraction of sp³-hybridized carbons (Fsp3) is 0.526. The number of rotatable bonds is 5. The molecule has 29 heavy (non-hydrogen) atoms. The maximum atomic E-state index is 13.0. The van der Waals surface area contributed by atoms with Gasteiger partial charge in [-0.3, -0.25) is 10.1 Å². The number of hydrogen-bond donors (Lipinski definition) is 2. The van der Waals surface area contributed by atoms with Crippen LogP contribution in [0, 0.1) is 6.92 Å². The Morgan fingerprint density at radius 2 is 1.83 bits per heavy atom. The van der Waals surface area contributed by atoms with E-state index in [9.17, 15) is 13.2 Å². The van der Waals surface area contributed by atoms with Gasteiger partial charge in [0.15, 0.2) is 0 Å². The molecule has 2 fully saturated rings. The fourth-order valence-corrected chi connectivity index (χ4v) is 5.54. The molecule has 0 radical (unpaired) electrons. The summed E-state index contributed by atoms with van der Waals surface area (Å²) in [6, 6.07) is 5.92. The largest absolute Gasteiger partial charge is 0.340 e. The van der Waals surface area contributed by atoms with Crippen LogP contribution in [0.5, 0.6) is 0 Å². The monoisotopic (exact) mass is 418 g/mol. The van der Waals surface area contributed by atoms with Gasteiger partial charge >= 0.3 is 0 Å². The number of carbonyl (C=O) groups is 1. The van der Waals surface area contributed by atoms with Gasteiger partial charge in [-0.1, -0.05) is 17.7 Å². The van der Waals surface area contributed by atoms with E-state index in [-0.39, 0.29) is 16.8 Å². The van der Waals surface area contributed by atoms with Crippen LogP contribution in [0.15, 0.2) is 29.2 Å². The lowest BCUT2D eigenvalue weighted by Gasteiger charge is -2.25. The molecule has 10 heteroatoms. The molecule has 1 amide bonds. The van der Waals surface area contributed by atoms with Gasteiger partial charge in [-0.05, 0) is 51.2 Å². The molecule has 4 rings (SSSR count). The molecule has 0 bridgehead atoms. The number of nitrogens with zero attached hydrogens (tertiary/aromatic N) is 4.